The van der Waals surface area contributed by atoms with Crippen LogP contribution in [-0.2, 0) is 9.53 Å². The molecule has 1 heterocycles. The monoisotopic (exact) mass is 380 g/mol. The number of hydrogen-bond donors (Lipinski definition) is 1. The van der Waals surface area contributed by atoms with Crippen LogP contribution in [0, 0.1) is 0 Å². The number of benzene rings is 2. The Balaban J connectivity index is 1.69. The second kappa shape index (κ2) is 9.40. The van der Waals surface area contributed by atoms with Crippen molar-refractivity contribution in [3.8, 4) is 0 Å². The van der Waals surface area contributed by atoms with Gasteiger partial charge in [0.15, 0.2) is 6.10 Å². The molecule has 1 aliphatic rings. The third-order valence-corrected chi connectivity index (χ3v) is 5.21. The predicted octanol–water partition coefficient (Wildman–Crippen LogP) is 4.77. The molecule has 1 amide bonds. The molecular weight excluding hydrogens is 352 g/mol. The van der Waals surface area contributed by atoms with E-state index in [-0.39, 0.29) is 11.9 Å². The van der Waals surface area contributed by atoms with Gasteiger partial charge in [0.05, 0.1) is 11.3 Å². The Morgan fingerprint density at radius 1 is 1.11 bits per heavy atom. The molecule has 2 aromatic rings. The third kappa shape index (κ3) is 4.71. The highest BCUT2D eigenvalue weighted by atomic mass is 16.5. The van der Waals surface area contributed by atoms with E-state index in [1.54, 1.807) is 19.1 Å². The third-order valence-electron chi connectivity index (χ3n) is 5.21. The molecule has 1 saturated heterocycles. The van der Waals surface area contributed by atoms with Crippen LogP contribution in [0.1, 0.15) is 49.9 Å². The van der Waals surface area contributed by atoms with Gasteiger partial charge in [-0.1, -0.05) is 37.3 Å². The average Bonchev–Trinajstić information content (AvgIpc) is 2.74. The number of rotatable bonds is 6. The van der Waals surface area contributed by atoms with E-state index in [0.29, 0.717) is 11.3 Å². The fourth-order valence-electron chi connectivity index (χ4n) is 3.67. The minimum atomic E-state index is -0.801. The average molecular weight is 380 g/mol. The zero-order valence-corrected chi connectivity index (χ0v) is 16.6. The molecule has 5 nitrogen and oxygen atoms in total. The molecule has 0 aromatic heterocycles. The molecule has 1 aliphatic heterocycles. The van der Waals surface area contributed by atoms with Gasteiger partial charge >= 0.3 is 5.97 Å². The quantitative estimate of drug-likeness (QED) is 0.734. The summed E-state index contributed by atoms with van der Waals surface area (Å²) in [6.07, 6.45) is 3.30. The first-order chi connectivity index (χ1) is 13.6. The molecule has 2 aromatic carbocycles. The lowest BCUT2D eigenvalue weighted by Gasteiger charge is -2.36. The van der Waals surface area contributed by atoms with Crippen LogP contribution < -0.4 is 5.32 Å². The summed E-state index contributed by atoms with van der Waals surface area (Å²) in [6, 6.07) is 17.1. The zero-order valence-electron chi connectivity index (χ0n) is 16.6. The number of nitrogens with zero attached hydrogens (tertiary/aromatic N) is 1. The Labute approximate surface area is 166 Å². The van der Waals surface area contributed by atoms with Gasteiger partial charge in [0, 0.05) is 18.3 Å². The lowest BCUT2D eigenvalue weighted by Crippen LogP contribution is -2.48. The number of likely N-dealkylation sites (tertiary alicyclic amines) is 1. The Kier molecular flexibility index (Phi) is 6.69. The first-order valence-corrected chi connectivity index (χ1v) is 10.0. The zero-order chi connectivity index (χ0) is 19.9. The first-order valence-electron chi connectivity index (χ1n) is 10.0. The number of hydrogen-bond acceptors (Lipinski definition) is 4. The Bertz CT molecular complexity index is 807. The van der Waals surface area contributed by atoms with Crippen LogP contribution >= 0.6 is 0 Å². The highest BCUT2D eigenvalue weighted by molar-refractivity contribution is 5.98. The molecule has 28 heavy (non-hydrogen) atoms. The smallest absolute Gasteiger partial charge is 0.341 e. The molecule has 0 aliphatic carbocycles. The van der Waals surface area contributed by atoms with Crippen molar-refractivity contribution in [2.45, 2.75) is 51.7 Å². The number of amides is 1. The Hall–Kier alpha value is -2.82. The van der Waals surface area contributed by atoms with E-state index >= 15 is 0 Å². The SMILES string of the molecule is CC[C@H]1CCCCN1C(=O)[C@@H](C)OC(=O)c1ccccc1Nc1ccccc1. The summed E-state index contributed by atoms with van der Waals surface area (Å²) in [6.45, 7) is 4.50. The fraction of sp³-hybridized carbons (Fsp3) is 0.391. The van der Waals surface area contributed by atoms with E-state index in [1.165, 1.54) is 0 Å². The molecule has 0 spiro atoms. The van der Waals surface area contributed by atoms with Crippen molar-refractivity contribution in [2.24, 2.45) is 0 Å². The molecule has 5 heteroatoms. The number of carbonyl (C=O) groups is 2. The molecule has 0 radical (unpaired) electrons. The minimum Gasteiger partial charge on any atom is -0.449 e. The van der Waals surface area contributed by atoms with Gasteiger partial charge in [0.2, 0.25) is 0 Å². The summed E-state index contributed by atoms with van der Waals surface area (Å²) in [5.41, 5.74) is 1.95. The van der Waals surface area contributed by atoms with Crippen molar-refractivity contribution in [1.82, 2.24) is 4.90 Å². The summed E-state index contributed by atoms with van der Waals surface area (Å²) in [5, 5.41) is 3.24. The van der Waals surface area contributed by atoms with Crippen molar-refractivity contribution >= 4 is 23.3 Å². The maximum absolute atomic E-state index is 12.8. The van der Waals surface area contributed by atoms with Crippen LogP contribution in [0.3, 0.4) is 0 Å². The van der Waals surface area contributed by atoms with Gasteiger partial charge in [0.1, 0.15) is 0 Å². The minimum absolute atomic E-state index is 0.103. The van der Waals surface area contributed by atoms with E-state index in [0.717, 1.165) is 37.9 Å². The second-order valence-electron chi connectivity index (χ2n) is 7.17. The van der Waals surface area contributed by atoms with Crippen molar-refractivity contribution in [3.05, 3.63) is 60.2 Å². The van der Waals surface area contributed by atoms with Crippen LogP contribution in [0.4, 0.5) is 11.4 Å². The van der Waals surface area contributed by atoms with Gasteiger partial charge < -0.3 is 15.0 Å². The van der Waals surface area contributed by atoms with E-state index in [4.69, 9.17) is 4.74 Å². The second-order valence-corrected chi connectivity index (χ2v) is 7.17. The van der Waals surface area contributed by atoms with Crippen LogP contribution in [0.15, 0.2) is 54.6 Å². The first kappa shape index (κ1) is 19.9. The predicted molar refractivity (Wildman–Crippen MR) is 111 cm³/mol. The van der Waals surface area contributed by atoms with E-state index < -0.39 is 12.1 Å². The number of ether oxygens (including phenoxy) is 1. The standard InChI is InChI=1S/C23H28N2O3/c1-3-19-13-9-10-16-25(19)22(26)17(2)28-23(27)20-14-7-8-15-21(20)24-18-11-5-4-6-12-18/h4-8,11-12,14-15,17,19,24H,3,9-10,13,16H2,1-2H3/t17-,19+/m1/s1. The summed E-state index contributed by atoms with van der Waals surface area (Å²) in [5.74, 6) is -0.599. The largest absolute Gasteiger partial charge is 0.449 e. The summed E-state index contributed by atoms with van der Waals surface area (Å²) < 4.78 is 5.55. The molecule has 0 saturated carbocycles. The van der Waals surface area contributed by atoms with Crippen molar-refractivity contribution < 1.29 is 14.3 Å². The van der Waals surface area contributed by atoms with E-state index in [2.05, 4.69) is 12.2 Å². The van der Waals surface area contributed by atoms with Gasteiger partial charge in [-0.25, -0.2) is 4.79 Å². The molecule has 1 fully saturated rings. The van der Waals surface area contributed by atoms with Gasteiger partial charge in [-0.05, 0) is 56.9 Å². The number of piperidine rings is 1. The fourth-order valence-corrected chi connectivity index (χ4v) is 3.67. The Morgan fingerprint density at radius 3 is 2.57 bits per heavy atom. The van der Waals surface area contributed by atoms with Crippen LogP contribution in [0.5, 0.6) is 0 Å². The molecule has 3 rings (SSSR count). The Morgan fingerprint density at radius 2 is 1.82 bits per heavy atom. The van der Waals surface area contributed by atoms with E-state index in [1.807, 2.05) is 47.4 Å². The summed E-state index contributed by atoms with van der Waals surface area (Å²) in [4.78, 5) is 27.5. The lowest BCUT2D eigenvalue weighted by molar-refractivity contribution is -0.143. The summed E-state index contributed by atoms with van der Waals surface area (Å²) in [7, 11) is 0. The number of nitrogens with one attached hydrogen (secondary N) is 1. The van der Waals surface area contributed by atoms with Crippen molar-refractivity contribution in [3.63, 3.8) is 0 Å². The number of carbonyl (C=O) groups excluding carboxylic acids is 2. The maximum atomic E-state index is 12.8. The van der Waals surface area contributed by atoms with Crippen LogP contribution in [0.25, 0.3) is 0 Å². The molecule has 1 N–H and O–H groups in total. The molecule has 0 unspecified atom stereocenters. The molecule has 0 bridgehead atoms. The molecular formula is C23H28N2O3. The van der Waals surface area contributed by atoms with Crippen LogP contribution in [-0.4, -0.2) is 35.5 Å². The van der Waals surface area contributed by atoms with Gasteiger partial charge in [0.25, 0.3) is 5.91 Å². The molecule has 2 atom stereocenters. The van der Waals surface area contributed by atoms with Crippen LogP contribution in [0.2, 0.25) is 0 Å². The summed E-state index contributed by atoms with van der Waals surface area (Å²) >= 11 is 0. The number of esters is 1. The topological polar surface area (TPSA) is 58.6 Å². The molecule has 148 valence electrons. The normalized spacial score (nSPS) is 17.6. The highest BCUT2D eigenvalue weighted by Crippen LogP contribution is 2.24. The lowest BCUT2D eigenvalue weighted by atomic mass is 9.99. The maximum Gasteiger partial charge on any atom is 0.341 e. The van der Waals surface area contributed by atoms with Gasteiger partial charge in [-0.15, -0.1) is 0 Å². The van der Waals surface area contributed by atoms with Gasteiger partial charge in [-0.2, -0.15) is 0 Å². The highest BCUT2D eigenvalue weighted by Gasteiger charge is 2.30. The van der Waals surface area contributed by atoms with E-state index in [9.17, 15) is 9.59 Å². The number of para-hydroxylation sites is 2. The van der Waals surface area contributed by atoms with Crippen molar-refractivity contribution in [2.75, 3.05) is 11.9 Å². The van der Waals surface area contributed by atoms with Crippen molar-refractivity contribution in [1.29, 1.82) is 0 Å². The number of anilines is 2. The van der Waals surface area contributed by atoms with Gasteiger partial charge in [-0.3, -0.25) is 4.79 Å².